The second-order valence-electron chi connectivity index (χ2n) is 6.21. The number of carbonyl (C=O) groups excluding carboxylic acids is 1. The van der Waals surface area contributed by atoms with Crippen molar-refractivity contribution in [3.63, 3.8) is 0 Å². The molecule has 0 aliphatic rings. The smallest absolute Gasteiger partial charge is 0.277 e. The quantitative estimate of drug-likeness (QED) is 0.480. The van der Waals surface area contributed by atoms with Crippen molar-refractivity contribution in [1.29, 1.82) is 0 Å². The van der Waals surface area contributed by atoms with Crippen molar-refractivity contribution in [1.82, 2.24) is 10.2 Å². The first-order chi connectivity index (χ1) is 11.9. The van der Waals surface area contributed by atoms with Crippen LogP contribution in [-0.2, 0) is 0 Å². The maximum absolute atomic E-state index is 12.5. The minimum absolute atomic E-state index is 0.0703. The van der Waals surface area contributed by atoms with Gasteiger partial charge in [-0.1, -0.05) is 35.5 Å². The molecule has 0 atom stereocenters. The van der Waals surface area contributed by atoms with Crippen LogP contribution in [0.4, 0.5) is 0 Å². The molecule has 0 radical (unpaired) electrons. The third kappa shape index (κ3) is 3.99. The summed E-state index contributed by atoms with van der Waals surface area (Å²) in [6.07, 6.45) is 0. The van der Waals surface area contributed by atoms with Gasteiger partial charge in [0.1, 0.15) is 0 Å². The fourth-order valence-electron chi connectivity index (χ4n) is 2.63. The van der Waals surface area contributed by atoms with Gasteiger partial charge in [0.05, 0.1) is 5.75 Å². The predicted molar refractivity (Wildman–Crippen MR) is 100 cm³/mol. The van der Waals surface area contributed by atoms with Crippen LogP contribution in [0.3, 0.4) is 0 Å². The Morgan fingerprint density at radius 3 is 2.52 bits per heavy atom. The maximum Gasteiger partial charge on any atom is 0.277 e. The molecule has 0 aliphatic heterocycles. The van der Waals surface area contributed by atoms with Gasteiger partial charge in [0.15, 0.2) is 5.78 Å². The van der Waals surface area contributed by atoms with E-state index in [1.807, 2.05) is 51.1 Å². The van der Waals surface area contributed by atoms with Crippen molar-refractivity contribution < 1.29 is 9.21 Å². The van der Waals surface area contributed by atoms with Gasteiger partial charge in [-0.05, 0) is 62.6 Å². The molecule has 0 amide bonds. The summed E-state index contributed by atoms with van der Waals surface area (Å²) in [6.45, 7) is 8.05. The van der Waals surface area contributed by atoms with E-state index in [2.05, 4.69) is 23.2 Å². The minimum atomic E-state index is 0.0703. The highest BCUT2D eigenvalue weighted by atomic mass is 32.2. The van der Waals surface area contributed by atoms with Crippen LogP contribution in [0.15, 0.2) is 46.0 Å². The summed E-state index contributed by atoms with van der Waals surface area (Å²) in [4.78, 5) is 12.5. The molecule has 0 unspecified atom stereocenters. The van der Waals surface area contributed by atoms with Crippen LogP contribution in [0, 0.1) is 27.7 Å². The minimum Gasteiger partial charge on any atom is -0.411 e. The normalized spacial score (nSPS) is 10.9. The number of thioether (sulfide) groups is 1. The van der Waals surface area contributed by atoms with Gasteiger partial charge >= 0.3 is 0 Å². The molecule has 5 heteroatoms. The molecule has 1 heterocycles. The Bertz CT molecular complexity index is 931. The molecule has 3 aromatic rings. The van der Waals surface area contributed by atoms with E-state index in [4.69, 9.17) is 4.42 Å². The summed E-state index contributed by atoms with van der Waals surface area (Å²) in [5.41, 5.74) is 6.09. The summed E-state index contributed by atoms with van der Waals surface area (Å²) >= 11 is 1.27. The van der Waals surface area contributed by atoms with Crippen LogP contribution in [0.1, 0.15) is 32.6 Å². The Morgan fingerprint density at radius 1 is 1.00 bits per heavy atom. The summed E-state index contributed by atoms with van der Waals surface area (Å²) in [6, 6.07) is 11.9. The number of rotatable bonds is 5. The summed E-state index contributed by atoms with van der Waals surface area (Å²) in [5.74, 6) is 0.820. The van der Waals surface area contributed by atoms with Gasteiger partial charge < -0.3 is 4.42 Å². The number of nitrogens with zero attached hydrogens (tertiary/aromatic N) is 2. The Balaban J connectivity index is 1.70. The fourth-order valence-corrected chi connectivity index (χ4v) is 3.28. The molecule has 2 aromatic carbocycles. The molecule has 128 valence electrons. The van der Waals surface area contributed by atoms with Crippen molar-refractivity contribution >= 4 is 17.5 Å². The van der Waals surface area contributed by atoms with E-state index < -0.39 is 0 Å². The van der Waals surface area contributed by atoms with Gasteiger partial charge in [-0.3, -0.25) is 4.79 Å². The van der Waals surface area contributed by atoms with Crippen molar-refractivity contribution in [3.05, 3.63) is 64.2 Å². The number of hydrogen-bond donors (Lipinski definition) is 0. The zero-order valence-corrected chi connectivity index (χ0v) is 15.6. The standard InChI is InChI=1S/C20H20N2O2S/c1-12-6-5-7-16(8-12)19-21-22-20(24-19)25-11-18(23)17-10-14(3)13(2)9-15(17)4/h5-10H,11H2,1-4H3. The molecule has 0 saturated carbocycles. The van der Waals surface area contributed by atoms with E-state index in [0.717, 1.165) is 27.8 Å². The summed E-state index contributed by atoms with van der Waals surface area (Å²) in [5, 5.41) is 8.52. The van der Waals surface area contributed by atoms with Crippen LogP contribution in [0.5, 0.6) is 0 Å². The first-order valence-corrected chi connectivity index (χ1v) is 9.07. The van der Waals surface area contributed by atoms with Gasteiger partial charge in [0.25, 0.3) is 5.22 Å². The first-order valence-electron chi connectivity index (χ1n) is 8.08. The zero-order valence-electron chi connectivity index (χ0n) is 14.8. The molecule has 0 fully saturated rings. The van der Waals surface area contributed by atoms with Crippen molar-refractivity contribution in [2.75, 3.05) is 5.75 Å². The molecule has 0 aliphatic carbocycles. The Morgan fingerprint density at radius 2 is 1.76 bits per heavy atom. The Kier molecular flexibility index (Phi) is 5.04. The lowest BCUT2D eigenvalue weighted by Gasteiger charge is -2.08. The highest BCUT2D eigenvalue weighted by molar-refractivity contribution is 7.99. The number of ketones is 1. The number of hydrogen-bond acceptors (Lipinski definition) is 5. The zero-order chi connectivity index (χ0) is 18.0. The molecule has 0 bridgehead atoms. The number of carbonyl (C=O) groups is 1. The van der Waals surface area contributed by atoms with Crippen molar-refractivity contribution in [3.8, 4) is 11.5 Å². The van der Waals surface area contributed by atoms with E-state index in [1.54, 1.807) is 0 Å². The third-order valence-electron chi connectivity index (χ3n) is 4.14. The predicted octanol–water partition coefficient (Wildman–Crippen LogP) is 4.95. The van der Waals surface area contributed by atoms with E-state index >= 15 is 0 Å². The van der Waals surface area contributed by atoms with E-state index in [1.165, 1.54) is 17.3 Å². The molecule has 25 heavy (non-hydrogen) atoms. The fraction of sp³-hybridized carbons (Fsp3) is 0.250. The van der Waals surface area contributed by atoms with Gasteiger partial charge in [0.2, 0.25) is 5.89 Å². The van der Waals surface area contributed by atoms with E-state index in [9.17, 15) is 4.79 Å². The van der Waals surface area contributed by atoms with Gasteiger partial charge in [-0.15, -0.1) is 10.2 Å². The molecular weight excluding hydrogens is 332 g/mol. The van der Waals surface area contributed by atoms with Crippen LogP contribution < -0.4 is 0 Å². The third-order valence-corrected chi connectivity index (χ3v) is 4.96. The number of aryl methyl sites for hydroxylation is 4. The second kappa shape index (κ2) is 7.23. The van der Waals surface area contributed by atoms with Gasteiger partial charge in [-0.2, -0.15) is 0 Å². The van der Waals surface area contributed by atoms with Crippen LogP contribution in [0.2, 0.25) is 0 Å². The molecule has 3 rings (SSSR count). The molecule has 0 N–H and O–H groups in total. The van der Waals surface area contributed by atoms with Crippen molar-refractivity contribution in [2.24, 2.45) is 0 Å². The lowest BCUT2D eigenvalue weighted by Crippen LogP contribution is -2.06. The lowest BCUT2D eigenvalue weighted by atomic mass is 9.99. The van der Waals surface area contributed by atoms with Crippen LogP contribution >= 0.6 is 11.8 Å². The first kappa shape index (κ1) is 17.4. The summed E-state index contributed by atoms with van der Waals surface area (Å²) < 4.78 is 5.67. The second-order valence-corrected chi connectivity index (χ2v) is 7.13. The highest BCUT2D eigenvalue weighted by Gasteiger charge is 2.14. The largest absolute Gasteiger partial charge is 0.411 e. The monoisotopic (exact) mass is 352 g/mol. The Labute approximate surface area is 151 Å². The topological polar surface area (TPSA) is 56.0 Å². The van der Waals surface area contributed by atoms with E-state index in [0.29, 0.717) is 11.1 Å². The highest BCUT2D eigenvalue weighted by Crippen LogP contribution is 2.25. The number of Topliss-reactive ketones (excluding diaryl/α,β-unsaturated/α-hetero) is 1. The molecule has 0 spiro atoms. The Hall–Kier alpha value is -2.40. The average molecular weight is 352 g/mol. The lowest BCUT2D eigenvalue weighted by molar-refractivity contribution is 0.102. The molecule has 0 saturated heterocycles. The van der Waals surface area contributed by atoms with Crippen LogP contribution in [0.25, 0.3) is 11.5 Å². The SMILES string of the molecule is Cc1cccc(-c2nnc(SCC(=O)c3cc(C)c(C)cc3C)o2)c1. The number of benzene rings is 2. The molecule has 1 aromatic heterocycles. The maximum atomic E-state index is 12.5. The summed E-state index contributed by atoms with van der Waals surface area (Å²) in [7, 11) is 0. The molecule has 4 nitrogen and oxygen atoms in total. The van der Waals surface area contributed by atoms with Gasteiger partial charge in [0, 0.05) is 11.1 Å². The average Bonchev–Trinajstić information content (AvgIpc) is 3.05. The van der Waals surface area contributed by atoms with Crippen LogP contribution in [-0.4, -0.2) is 21.7 Å². The van der Waals surface area contributed by atoms with Crippen molar-refractivity contribution in [2.45, 2.75) is 32.9 Å². The molecular formula is C20H20N2O2S. The van der Waals surface area contributed by atoms with Gasteiger partial charge in [-0.25, -0.2) is 0 Å². The van der Waals surface area contributed by atoms with E-state index in [-0.39, 0.29) is 11.5 Å². The number of aromatic nitrogens is 2.